The van der Waals surface area contributed by atoms with Crippen LogP contribution in [0.25, 0.3) is 0 Å². The molecule has 6 heterocycles. The summed E-state index contributed by atoms with van der Waals surface area (Å²) in [5, 5.41) is 13.8. The zero-order valence-corrected chi connectivity index (χ0v) is 62.8. The van der Waals surface area contributed by atoms with Gasteiger partial charge in [-0.15, -0.1) is 0 Å². The Balaban J connectivity index is 1.35. The van der Waals surface area contributed by atoms with Crippen molar-refractivity contribution in [2.45, 2.75) is 272 Å². The highest BCUT2D eigenvalue weighted by molar-refractivity contribution is 5.86. The quantitative estimate of drug-likeness (QED) is 0.0323. The second-order valence-electron chi connectivity index (χ2n) is 27.0. The molecule has 6 aliphatic heterocycles. The number of carbonyl (C=O) groups is 12. The molecule has 0 bridgehead atoms. The average molecular weight is 1520 g/mol. The van der Waals surface area contributed by atoms with Crippen molar-refractivity contribution in [3.05, 3.63) is 12.7 Å². The number of rotatable bonds is 31. The van der Waals surface area contributed by atoms with Gasteiger partial charge in [0.15, 0.2) is 62.0 Å². The van der Waals surface area contributed by atoms with Gasteiger partial charge in [0.25, 0.3) is 0 Å². The second kappa shape index (κ2) is 40.3. The van der Waals surface area contributed by atoms with E-state index >= 15 is 0 Å². The van der Waals surface area contributed by atoms with Crippen LogP contribution < -0.4 is 5.32 Å². The minimum absolute atomic E-state index is 0.312. The van der Waals surface area contributed by atoms with Gasteiger partial charge >= 0.3 is 65.7 Å². The largest absolute Gasteiger partial charge is 0.463 e. The van der Waals surface area contributed by atoms with Crippen molar-refractivity contribution in [3.63, 3.8) is 0 Å². The Labute approximate surface area is 613 Å². The maximum Gasteiger partial charge on any atom is 0.303 e. The SMILES string of the molecule is C=CC(=O)NCOCC1OC(OC2C(COC(C)=O)OC(OC3C(COC(C)=O)OC(OC4C(COC(C)=O)OC(OC5C(COC(C)=O)OC(OC6C(COC(C)=O)OC(C)C(OC(C)=O)C6C)C(OC(C)=O)C5C)C(OC(C)=O)C4C)C(OC(C)=O)C3C)C(OC(C)=O)C2C)C(OC(C)=O)C(C)C1O. The fourth-order valence-corrected chi connectivity index (χ4v) is 13.6. The van der Waals surface area contributed by atoms with E-state index in [0.717, 1.165) is 68.4 Å². The summed E-state index contributed by atoms with van der Waals surface area (Å²) in [6.07, 6.45) is -31.7. The lowest BCUT2D eigenvalue weighted by Gasteiger charge is -2.52. The topological polar surface area (TPSA) is 449 Å². The van der Waals surface area contributed by atoms with E-state index in [2.05, 4.69) is 11.9 Å². The lowest BCUT2D eigenvalue weighted by atomic mass is 9.86. The number of carbonyl (C=O) groups excluding carboxylic acids is 12. The summed E-state index contributed by atoms with van der Waals surface area (Å²) >= 11 is 0. The molecule has 6 fully saturated rings. The molecule has 6 rings (SSSR count). The van der Waals surface area contributed by atoms with Crippen LogP contribution in [0.2, 0.25) is 0 Å². The molecule has 6 saturated heterocycles. The first-order chi connectivity index (χ1) is 49.8. The summed E-state index contributed by atoms with van der Waals surface area (Å²) in [4.78, 5) is 153. The number of aliphatic hydroxyl groups is 1. The van der Waals surface area contributed by atoms with E-state index in [0.29, 0.717) is 0 Å². The van der Waals surface area contributed by atoms with E-state index in [1.54, 1.807) is 48.5 Å². The number of nitrogens with one attached hydrogen (secondary N) is 1. The van der Waals surface area contributed by atoms with Crippen LogP contribution in [0.1, 0.15) is 125 Å². The van der Waals surface area contributed by atoms with Crippen LogP contribution in [0.4, 0.5) is 0 Å². The van der Waals surface area contributed by atoms with Gasteiger partial charge in [0.2, 0.25) is 5.91 Å². The van der Waals surface area contributed by atoms with Gasteiger partial charge in [-0.3, -0.25) is 57.5 Å². The van der Waals surface area contributed by atoms with Crippen LogP contribution in [0, 0.1) is 35.5 Å². The Morgan fingerprint density at radius 1 is 0.311 bits per heavy atom. The maximum atomic E-state index is 13.4. The van der Waals surface area contributed by atoms with Crippen LogP contribution in [-0.2, 0) is 166 Å². The van der Waals surface area contributed by atoms with Crippen LogP contribution in [0.3, 0.4) is 0 Å². The van der Waals surface area contributed by atoms with Crippen LogP contribution in [-0.4, -0.2) is 270 Å². The van der Waals surface area contributed by atoms with Gasteiger partial charge in [-0.1, -0.05) is 48.1 Å². The number of hydrogen-bond acceptors (Lipinski definition) is 36. The number of aliphatic hydroxyl groups excluding tert-OH is 1. The van der Waals surface area contributed by atoms with E-state index in [9.17, 15) is 62.6 Å². The lowest BCUT2D eigenvalue weighted by molar-refractivity contribution is -0.384. The Hall–Kier alpha value is -7.14. The maximum absolute atomic E-state index is 13.4. The smallest absolute Gasteiger partial charge is 0.303 e. The van der Waals surface area contributed by atoms with Gasteiger partial charge in [-0.25, -0.2) is 0 Å². The van der Waals surface area contributed by atoms with Crippen LogP contribution in [0.15, 0.2) is 12.7 Å². The molecule has 1 amide bonds. The van der Waals surface area contributed by atoms with Crippen molar-refractivity contribution in [2.24, 2.45) is 35.5 Å². The highest BCUT2D eigenvalue weighted by atomic mass is 16.8. The molecule has 37 nitrogen and oxygen atoms in total. The predicted molar refractivity (Wildman–Crippen MR) is 349 cm³/mol. The fourth-order valence-electron chi connectivity index (χ4n) is 13.6. The van der Waals surface area contributed by atoms with Crippen molar-refractivity contribution in [1.82, 2.24) is 5.32 Å². The van der Waals surface area contributed by atoms with Gasteiger partial charge in [-0.05, 0) is 13.0 Å². The molecule has 0 saturated carbocycles. The molecule has 0 radical (unpaired) electrons. The molecular formula is C69H103NO36. The average Bonchev–Trinajstić information content (AvgIpc) is 0.765. The zero-order valence-electron chi connectivity index (χ0n) is 62.8. The van der Waals surface area contributed by atoms with E-state index < -0.39 is 281 Å². The zero-order chi connectivity index (χ0) is 78.9. The Bertz CT molecular complexity index is 3030. The first-order valence-electron chi connectivity index (χ1n) is 34.9. The normalized spacial score (nSPS) is 37.2. The highest BCUT2D eigenvalue weighted by Gasteiger charge is 2.59. The van der Waals surface area contributed by atoms with Crippen molar-refractivity contribution in [3.8, 4) is 0 Å². The molecule has 6 aliphatic rings. The first-order valence-corrected chi connectivity index (χ1v) is 34.9. The minimum atomic E-state index is -1.72. The monoisotopic (exact) mass is 1520 g/mol. The molecule has 0 aromatic carbocycles. The molecule has 0 aromatic rings. The van der Waals surface area contributed by atoms with E-state index in [1.165, 1.54) is 13.8 Å². The molecule has 106 heavy (non-hydrogen) atoms. The number of hydrogen-bond donors (Lipinski definition) is 2. The van der Waals surface area contributed by atoms with Gasteiger partial charge in [-0.2, -0.15) is 0 Å². The van der Waals surface area contributed by atoms with E-state index in [1.807, 2.05) is 0 Å². The molecular weight excluding hydrogens is 1420 g/mol. The fraction of sp³-hybridized carbons (Fsp3) is 0.797. The summed E-state index contributed by atoms with van der Waals surface area (Å²) in [6.45, 7) is 23.7. The van der Waals surface area contributed by atoms with Crippen molar-refractivity contribution >= 4 is 71.6 Å². The molecule has 37 heteroatoms. The molecule has 600 valence electrons. The van der Waals surface area contributed by atoms with E-state index in [-0.39, 0.29) is 19.9 Å². The van der Waals surface area contributed by atoms with Crippen molar-refractivity contribution in [2.75, 3.05) is 46.4 Å². The Kier molecular flexibility index (Phi) is 33.4. The van der Waals surface area contributed by atoms with Crippen LogP contribution in [0.5, 0.6) is 0 Å². The first kappa shape index (κ1) is 87.8. The molecule has 2 N–H and O–H groups in total. The standard InChI is InChI=1S/C69H103NO36/c1-20-52(82)70-27-84-21-46-53(83)28(2)60(92-41(15)77)65(97-46)103-56-30(4)62(94-43(17)79)67(99-48(56)23-86-36(10)72)105-58-32(6)64(96-45(19)81)69(101-50(58)25-88-38(12)74)106-59-33(7)63(95-44(18)80)68(100-51(59)26-89-39(13)75)104-57-31(5)61(93-42(16)78)66(98-49(57)24-87-37(11)73)102-55-29(3)54(91-40(14)76)34(8)90-47(55)22-85-35(9)71/h20,28-34,46-51,53-69,83H,1,21-27H2,2-19H3,(H,70,82). The van der Waals surface area contributed by atoms with Gasteiger partial charge in [0, 0.05) is 112 Å². The Morgan fingerprint density at radius 2 is 0.538 bits per heavy atom. The summed E-state index contributed by atoms with van der Waals surface area (Å²) in [7, 11) is 0. The van der Waals surface area contributed by atoms with Crippen molar-refractivity contribution < 1.29 is 172 Å². The van der Waals surface area contributed by atoms with Gasteiger partial charge in [0.1, 0.15) is 82.5 Å². The molecule has 0 aromatic heterocycles. The third-order valence-electron chi connectivity index (χ3n) is 18.5. The summed E-state index contributed by atoms with van der Waals surface area (Å²) < 4.78 is 141. The van der Waals surface area contributed by atoms with Crippen LogP contribution >= 0.6 is 0 Å². The van der Waals surface area contributed by atoms with Gasteiger partial charge < -0.3 is 119 Å². The summed E-state index contributed by atoms with van der Waals surface area (Å²) in [5.74, 6) is -15.1. The minimum Gasteiger partial charge on any atom is -0.463 e. The molecule has 30 atom stereocenters. The molecule has 30 unspecified atom stereocenters. The Morgan fingerprint density at radius 3 is 0.783 bits per heavy atom. The third kappa shape index (κ3) is 24.4. The summed E-state index contributed by atoms with van der Waals surface area (Å²) in [5.41, 5.74) is 0. The number of esters is 11. The third-order valence-corrected chi connectivity index (χ3v) is 18.5. The van der Waals surface area contributed by atoms with Gasteiger partial charge in [0.05, 0.1) is 49.3 Å². The molecule has 0 aliphatic carbocycles. The second-order valence-corrected chi connectivity index (χ2v) is 27.0. The highest BCUT2D eigenvalue weighted by Crippen LogP contribution is 2.44. The van der Waals surface area contributed by atoms with Crippen molar-refractivity contribution in [1.29, 1.82) is 0 Å². The van der Waals surface area contributed by atoms with E-state index in [4.69, 9.17) is 109 Å². The predicted octanol–water partition coefficient (Wildman–Crippen LogP) is 1.18. The number of amides is 1. The lowest BCUT2D eigenvalue weighted by Crippen LogP contribution is -2.65. The summed E-state index contributed by atoms with van der Waals surface area (Å²) in [6, 6.07) is 0. The number of ether oxygens (including phenoxy) is 23. The molecule has 0 spiro atoms.